The number of carbonyl (C=O) groups excluding carboxylic acids is 1. The molecule has 0 aliphatic carbocycles. The molecule has 7 nitrogen and oxygen atoms in total. The SMILES string of the molecule is O=C(CN1CCN(c2cccc(Cl)c2)CC1)Nc1ccc([N+](=O)[O-])cc1Cl. The maximum absolute atomic E-state index is 12.3. The van der Waals surface area contributed by atoms with Gasteiger partial charge in [0.05, 0.1) is 22.2 Å². The van der Waals surface area contributed by atoms with Gasteiger partial charge in [-0.15, -0.1) is 0 Å². The van der Waals surface area contributed by atoms with Crippen LogP contribution in [0, 0.1) is 10.1 Å². The van der Waals surface area contributed by atoms with Crippen molar-refractivity contribution < 1.29 is 9.72 Å². The predicted octanol–water partition coefficient (Wildman–Crippen LogP) is 3.66. The first-order valence-corrected chi connectivity index (χ1v) is 9.14. The maximum Gasteiger partial charge on any atom is 0.271 e. The van der Waals surface area contributed by atoms with E-state index in [9.17, 15) is 14.9 Å². The quantitative estimate of drug-likeness (QED) is 0.602. The van der Waals surface area contributed by atoms with E-state index in [-0.39, 0.29) is 23.2 Å². The largest absolute Gasteiger partial charge is 0.369 e. The van der Waals surface area contributed by atoms with E-state index in [2.05, 4.69) is 15.1 Å². The monoisotopic (exact) mass is 408 g/mol. The first kappa shape index (κ1) is 19.4. The van der Waals surface area contributed by atoms with E-state index in [4.69, 9.17) is 23.2 Å². The van der Waals surface area contributed by atoms with Gasteiger partial charge in [0.2, 0.25) is 5.91 Å². The van der Waals surface area contributed by atoms with E-state index in [1.54, 1.807) is 0 Å². The lowest BCUT2D eigenvalue weighted by atomic mass is 10.2. The summed E-state index contributed by atoms with van der Waals surface area (Å²) in [4.78, 5) is 26.8. The second-order valence-electron chi connectivity index (χ2n) is 6.21. The number of nitro benzene ring substituents is 1. The van der Waals surface area contributed by atoms with Crippen LogP contribution in [0.25, 0.3) is 0 Å². The van der Waals surface area contributed by atoms with Gasteiger partial charge in [-0.1, -0.05) is 29.3 Å². The second-order valence-corrected chi connectivity index (χ2v) is 7.06. The number of carbonyl (C=O) groups is 1. The van der Waals surface area contributed by atoms with Crippen LogP contribution in [0.5, 0.6) is 0 Å². The Kier molecular flexibility index (Phi) is 6.15. The molecule has 0 aromatic heterocycles. The number of rotatable bonds is 5. The van der Waals surface area contributed by atoms with Gasteiger partial charge in [-0.2, -0.15) is 0 Å². The average Bonchev–Trinajstić information content (AvgIpc) is 2.64. The van der Waals surface area contributed by atoms with Gasteiger partial charge in [0, 0.05) is 49.0 Å². The standard InChI is InChI=1S/C18H18Cl2N4O3/c19-13-2-1-3-14(10-13)23-8-6-22(7-9-23)12-18(25)21-17-5-4-15(24(26)27)11-16(17)20/h1-5,10-11H,6-9,12H2,(H,21,25). The molecule has 1 fully saturated rings. The topological polar surface area (TPSA) is 78.7 Å². The first-order chi connectivity index (χ1) is 12.9. The van der Waals surface area contributed by atoms with Crippen molar-refractivity contribution in [3.05, 3.63) is 62.6 Å². The van der Waals surface area contributed by atoms with E-state index in [1.807, 2.05) is 24.3 Å². The molecule has 1 saturated heterocycles. The molecule has 1 N–H and O–H groups in total. The lowest BCUT2D eigenvalue weighted by Crippen LogP contribution is -2.48. The number of nitro groups is 1. The summed E-state index contributed by atoms with van der Waals surface area (Å²) in [5, 5.41) is 14.3. The van der Waals surface area contributed by atoms with Crippen molar-refractivity contribution in [2.75, 3.05) is 42.9 Å². The predicted molar refractivity (Wildman–Crippen MR) is 107 cm³/mol. The fourth-order valence-electron chi connectivity index (χ4n) is 2.95. The number of non-ortho nitro benzene ring substituents is 1. The highest BCUT2D eigenvalue weighted by atomic mass is 35.5. The molecule has 1 aliphatic heterocycles. The summed E-state index contributed by atoms with van der Waals surface area (Å²) in [7, 11) is 0. The smallest absolute Gasteiger partial charge is 0.271 e. The van der Waals surface area contributed by atoms with Crippen LogP contribution in [0.15, 0.2) is 42.5 Å². The third kappa shape index (κ3) is 5.09. The Bertz CT molecular complexity index is 854. The summed E-state index contributed by atoms with van der Waals surface area (Å²) < 4.78 is 0. The average molecular weight is 409 g/mol. The van der Waals surface area contributed by atoms with Gasteiger partial charge in [-0.25, -0.2) is 0 Å². The van der Waals surface area contributed by atoms with E-state index in [0.717, 1.165) is 31.9 Å². The maximum atomic E-state index is 12.3. The van der Waals surface area contributed by atoms with E-state index in [1.165, 1.54) is 18.2 Å². The lowest BCUT2D eigenvalue weighted by Gasteiger charge is -2.35. The third-order valence-corrected chi connectivity index (χ3v) is 4.90. The Labute approximate surface area is 166 Å². The van der Waals surface area contributed by atoms with E-state index >= 15 is 0 Å². The summed E-state index contributed by atoms with van der Waals surface area (Å²) in [6, 6.07) is 11.7. The van der Waals surface area contributed by atoms with Crippen LogP contribution in [0.2, 0.25) is 10.0 Å². The van der Waals surface area contributed by atoms with Crippen molar-refractivity contribution in [2.24, 2.45) is 0 Å². The van der Waals surface area contributed by atoms with Crippen molar-refractivity contribution in [3.8, 4) is 0 Å². The third-order valence-electron chi connectivity index (χ3n) is 4.35. The molecule has 27 heavy (non-hydrogen) atoms. The number of nitrogens with one attached hydrogen (secondary N) is 1. The zero-order valence-electron chi connectivity index (χ0n) is 14.4. The van der Waals surface area contributed by atoms with Gasteiger partial charge in [0.15, 0.2) is 0 Å². The summed E-state index contributed by atoms with van der Waals surface area (Å²) >= 11 is 12.1. The van der Waals surface area contributed by atoms with Crippen molar-refractivity contribution in [3.63, 3.8) is 0 Å². The number of piperazine rings is 1. The molecule has 0 spiro atoms. The van der Waals surface area contributed by atoms with Crippen molar-refractivity contribution in [1.29, 1.82) is 0 Å². The Morgan fingerprint density at radius 1 is 1.11 bits per heavy atom. The molecule has 2 aromatic rings. The summed E-state index contributed by atoms with van der Waals surface area (Å²) in [5.74, 6) is -0.207. The van der Waals surface area contributed by atoms with Crippen LogP contribution < -0.4 is 10.2 Å². The molecule has 9 heteroatoms. The number of hydrogen-bond acceptors (Lipinski definition) is 5. The molecular formula is C18H18Cl2N4O3. The van der Waals surface area contributed by atoms with Crippen molar-refractivity contribution in [1.82, 2.24) is 4.90 Å². The lowest BCUT2D eigenvalue weighted by molar-refractivity contribution is -0.384. The van der Waals surface area contributed by atoms with Gasteiger partial charge >= 0.3 is 0 Å². The van der Waals surface area contributed by atoms with Crippen LogP contribution in [0.4, 0.5) is 17.1 Å². The molecule has 1 aliphatic rings. The number of amides is 1. The second kappa shape index (κ2) is 8.56. The highest BCUT2D eigenvalue weighted by Gasteiger charge is 2.20. The number of halogens is 2. The first-order valence-electron chi connectivity index (χ1n) is 8.39. The van der Waals surface area contributed by atoms with Gasteiger partial charge in [-0.05, 0) is 24.3 Å². The van der Waals surface area contributed by atoms with Crippen LogP contribution in [0.1, 0.15) is 0 Å². The fraction of sp³-hybridized carbons (Fsp3) is 0.278. The zero-order chi connectivity index (χ0) is 19.4. The fourth-order valence-corrected chi connectivity index (χ4v) is 3.36. The summed E-state index contributed by atoms with van der Waals surface area (Å²) in [6.07, 6.45) is 0. The molecule has 0 unspecified atom stereocenters. The molecule has 0 saturated carbocycles. The van der Waals surface area contributed by atoms with Crippen LogP contribution in [0.3, 0.4) is 0 Å². The number of nitrogens with zero attached hydrogens (tertiary/aromatic N) is 3. The van der Waals surface area contributed by atoms with E-state index < -0.39 is 4.92 Å². The number of benzene rings is 2. The molecular weight excluding hydrogens is 391 g/mol. The molecule has 3 rings (SSSR count). The van der Waals surface area contributed by atoms with Gasteiger partial charge < -0.3 is 10.2 Å². The minimum Gasteiger partial charge on any atom is -0.369 e. The summed E-state index contributed by atoms with van der Waals surface area (Å²) in [6.45, 7) is 3.32. The highest BCUT2D eigenvalue weighted by molar-refractivity contribution is 6.34. The van der Waals surface area contributed by atoms with E-state index in [0.29, 0.717) is 10.7 Å². The zero-order valence-corrected chi connectivity index (χ0v) is 15.9. The molecule has 2 aromatic carbocycles. The highest BCUT2D eigenvalue weighted by Crippen LogP contribution is 2.26. The molecule has 0 radical (unpaired) electrons. The van der Waals surface area contributed by atoms with Gasteiger partial charge in [-0.3, -0.25) is 19.8 Å². The van der Waals surface area contributed by atoms with Crippen LogP contribution in [-0.4, -0.2) is 48.5 Å². The van der Waals surface area contributed by atoms with Crippen molar-refractivity contribution >= 4 is 46.2 Å². The Morgan fingerprint density at radius 3 is 2.48 bits per heavy atom. The Morgan fingerprint density at radius 2 is 1.85 bits per heavy atom. The van der Waals surface area contributed by atoms with Crippen LogP contribution in [-0.2, 0) is 4.79 Å². The number of anilines is 2. The Balaban J connectivity index is 1.52. The Hall–Kier alpha value is -2.35. The molecule has 142 valence electrons. The minimum absolute atomic E-state index is 0.116. The summed E-state index contributed by atoms with van der Waals surface area (Å²) in [5.41, 5.74) is 1.32. The molecule has 1 heterocycles. The minimum atomic E-state index is -0.531. The van der Waals surface area contributed by atoms with Crippen molar-refractivity contribution in [2.45, 2.75) is 0 Å². The normalized spacial score (nSPS) is 14.8. The van der Waals surface area contributed by atoms with Crippen LogP contribution >= 0.6 is 23.2 Å². The molecule has 0 bridgehead atoms. The number of hydrogen-bond donors (Lipinski definition) is 1. The van der Waals surface area contributed by atoms with Gasteiger partial charge in [0.1, 0.15) is 0 Å². The van der Waals surface area contributed by atoms with Gasteiger partial charge in [0.25, 0.3) is 5.69 Å². The molecule has 0 atom stereocenters. The molecule has 1 amide bonds.